The summed E-state index contributed by atoms with van der Waals surface area (Å²) in [7, 11) is 1.35. The zero-order chi connectivity index (χ0) is 12.1. The molecule has 7 heteroatoms. The van der Waals surface area contributed by atoms with Gasteiger partial charge in [-0.15, -0.1) is 11.8 Å². The van der Waals surface area contributed by atoms with E-state index < -0.39 is 0 Å². The van der Waals surface area contributed by atoms with Gasteiger partial charge in [0.15, 0.2) is 0 Å². The van der Waals surface area contributed by atoms with Crippen LogP contribution in [0.25, 0.3) is 0 Å². The lowest BCUT2D eigenvalue weighted by atomic mass is 10.3. The number of hydrogen-bond donors (Lipinski definition) is 1. The largest absolute Gasteiger partial charge is 0.469 e. The Balaban J connectivity index is 2.70. The van der Waals surface area contributed by atoms with Crippen molar-refractivity contribution in [2.75, 3.05) is 7.11 Å². The summed E-state index contributed by atoms with van der Waals surface area (Å²) in [5, 5.41) is 0.568. The van der Waals surface area contributed by atoms with Crippen molar-refractivity contribution in [3.63, 3.8) is 0 Å². The second-order valence-corrected chi connectivity index (χ2v) is 5.28. The Morgan fingerprint density at radius 3 is 3.06 bits per heavy atom. The van der Waals surface area contributed by atoms with Crippen molar-refractivity contribution >= 4 is 33.7 Å². The van der Waals surface area contributed by atoms with E-state index in [1.165, 1.54) is 25.2 Å². The molecule has 0 amide bonds. The topological polar surface area (TPSA) is 72.0 Å². The number of ether oxygens (including phenoxy) is 1. The van der Waals surface area contributed by atoms with Gasteiger partial charge < -0.3 is 9.72 Å². The average Bonchev–Trinajstić information content (AvgIpc) is 2.24. The molecule has 0 saturated carbocycles. The van der Waals surface area contributed by atoms with Crippen molar-refractivity contribution in [3.05, 3.63) is 21.2 Å². The van der Waals surface area contributed by atoms with E-state index in [1.54, 1.807) is 0 Å². The van der Waals surface area contributed by atoms with Crippen LogP contribution in [-0.4, -0.2) is 28.3 Å². The zero-order valence-electron chi connectivity index (χ0n) is 8.82. The molecule has 0 aliphatic carbocycles. The van der Waals surface area contributed by atoms with Gasteiger partial charge in [0, 0.05) is 5.25 Å². The quantitative estimate of drug-likeness (QED) is 0.519. The van der Waals surface area contributed by atoms with Gasteiger partial charge in [-0.25, -0.2) is 4.98 Å². The number of rotatable bonds is 4. The maximum atomic E-state index is 11.3. The Hall–Kier alpha value is -0.820. The van der Waals surface area contributed by atoms with Crippen LogP contribution in [0.5, 0.6) is 0 Å². The predicted molar refractivity (Wildman–Crippen MR) is 64.5 cm³/mol. The molecule has 1 N–H and O–H groups in total. The SMILES string of the molecule is COC(=O)CC(C)Sc1nc[nH]c(=O)c1Br. The Bertz CT molecular complexity index is 435. The summed E-state index contributed by atoms with van der Waals surface area (Å²) in [6.07, 6.45) is 1.61. The zero-order valence-corrected chi connectivity index (χ0v) is 11.2. The summed E-state index contributed by atoms with van der Waals surface area (Å²) < 4.78 is 4.95. The molecule has 1 unspecified atom stereocenters. The summed E-state index contributed by atoms with van der Waals surface area (Å²) in [5.41, 5.74) is -0.234. The minimum Gasteiger partial charge on any atom is -0.469 e. The maximum Gasteiger partial charge on any atom is 0.306 e. The molecule has 1 atom stereocenters. The van der Waals surface area contributed by atoms with E-state index in [1.807, 2.05) is 6.92 Å². The average molecular weight is 307 g/mol. The highest BCUT2D eigenvalue weighted by Gasteiger charge is 2.14. The van der Waals surface area contributed by atoms with Gasteiger partial charge in [0.2, 0.25) is 0 Å². The first-order valence-electron chi connectivity index (χ1n) is 4.51. The number of carbonyl (C=O) groups excluding carboxylic acids is 1. The summed E-state index contributed by atoms with van der Waals surface area (Å²) in [4.78, 5) is 28.7. The number of halogens is 1. The number of esters is 1. The van der Waals surface area contributed by atoms with Crippen LogP contribution in [0.15, 0.2) is 20.6 Å². The second-order valence-electron chi connectivity index (χ2n) is 3.06. The fourth-order valence-electron chi connectivity index (χ4n) is 0.999. The first-order valence-corrected chi connectivity index (χ1v) is 6.18. The Kier molecular flexibility index (Phi) is 5.01. The standard InChI is InChI=1S/C9H11BrN2O3S/c1-5(3-6(13)15-2)16-9-7(10)8(14)11-4-12-9/h4-5H,3H2,1-2H3,(H,11,12,14). The van der Waals surface area contributed by atoms with Gasteiger partial charge in [0.25, 0.3) is 5.56 Å². The van der Waals surface area contributed by atoms with E-state index in [2.05, 4.69) is 30.6 Å². The molecule has 0 spiro atoms. The fourth-order valence-corrected chi connectivity index (χ4v) is 2.41. The number of aromatic amines is 1. The van der Waals surface area contributed by atoms with Crippen LogP contribution in [0, 0.1) is 0 Å². The van der Waals surface area contributed by atoms with Crippen molar-refractivity contribution < 1.29 is 9.53 Å². The smallest absolute Gasteiger partial charge is 0.306 e. The summed E-state index contributed by atoms with van der Waals surface area (Å²) in [6, 6.07) is 0. The Labute approximate surface area is 105 Å². The van der Waals surface area contributed by atoms with E-state index in [-0.39, 0.29) is 23.2 Å². The van der Waals surface area contributed by atoms with E-state index in [0.29, 0.717) is 9.50 Å². The van der Waals surface area contributed by atoms with Gasteiger partial charge in [-0.2, -0.15) is 0 Å². The number of carbonyl (C=O) groups is 1. The number of H-pyrrole nitrogens is 1. The number of thioether (sulfide) groups is 1. The second kappa shape index (κ2) is 6.05. The van der Waals surface area contributed by atoms with Crippen LogP contribution in [0.2, 0.25) is 0 Å². The molecule has 1 aromatic rings. The summed E-state index contributed by atoms with van der Waals surface area (Å²) >= 11 is 4.50. The van der Waals surface area contributed by atoms with Crippen LogP contribution in [0.4, 0.5) is 0 Å². The molecule has 16 heavy (non-hydrogen) atoms. The maximum absolute atomic E-state index is 11.3. The molecule has 0 aliphatic heterocycles. The van der Waals surface area contributed by atoms with Crippen LogP contribution < -0.4 is 5.56 Å². The summed E-state index contributed by atoms with van der Waals surface area (Å²) in [5.74, 6) is -0.277. The molecule has 5 nitrogen and oxygen atoms in total. The van der Waals surface area contributed by atoms with Crippen molar-refractivity contribution in [2.24, 2.45) is 0 Å². The molecule has 1 aromatic heterocycles. The fraction of sp³-hybridized carbons (Fsp3) is 0.444. The lowest BCUT2D eigenvalue weighted by molar-refractivity contribution is -0.140. The molecule has 0 fully saturated rings. The van der Waals surface area contributed by atoms with E-state index in [4.69, 9.17) is 0 Å². The molecule has 0 saturated heterocycles. The Morgan fingerprint density at radius 2 is 2.44 bits per heavy atom. The van der Waals surface area contributed by atoms with Crippen LogP contribution in [0.1, 0.15) is 13.3 Å². The lowest BCUT2D eigenvalue weighted by Crippen LogP contribution is -2.12. The third kappa shape index (κ3) is 3.64. The normalized spacial score (nSPS) is 12.2. The highest BCUT2D eigenvalue weighted by Crippen LogP contribution is 2.27. The minimum atomic E-state index is -0.277. The third-order valence-electron chi connectivity index (χ3n) is 1.76. The predicted octanol–water partition coefficient (Wildman–Crippen LogP) is 1.58. The molecule has 1 heterocycles. The van der Waals surface area contributed by atoms with Gasteiger partial charge in [-0.05, 0) is 15.9 Å². The van der Waals surface area contributed by atoms with Crippen LogP contribution in [-0.2, 0) is 9.53 Å². The van der Waals surface area contributed by atoms with Crippen molar-refractivity contribution in [1.29, 1.82) is 0 Å². The first-order chi connectivity index (χ1) is 7.54. The molecular formula is C9H11BrN2O3S. The number of methoxy groups -OCH3 is 1. The molecular weight excluding hydrogens is 296 g/mol. The van der Waals surface area contributed by atoms with Crippen molar-refractivity contribution in [2.45, 2.75) is 23.6 Å². The monoisotopic (exact) mass is 306 g/mol. The highest BCUT2D eigenvalue weighted by molar-refractivity contribution is 9.10. The number of nitrogens with one attached hydrogen (secondary N) is 1. The molecule has 0 radical (unpaired) electrons. The molecule has 0 aliphatic rings. The van der Waals surface area contributed by atoms with Gasteiger partial charge >= 0.3 is 5.97 Å². The number of hydrogen-bond acceptors (Lipinski definition) is 5. The van der Waals surface area contributed by atoms with Crippen molar-refractivity contribution in [3.8, 4) is 0 Å². The van der Waals surface area contributed by atoms with Crippen molar-refractivity contribution in [1.82, 2.24) is 9.97 Å². The highest BCUT2D eigenvalue weighted by atomic mass is 79.9. The molecule has 88 valence electrons. The molecule has 0 aromatic carbocycles. The molecule has 0 bridgehead atoms. The van der Waals surface area contributed by atoms with Gasteiger partial charge in [-0.1, -0.05) is 6.92 Å². The minimum absolute atomic E-state index is 0.00181. The van der Waals surface area contributed by atoms with Crippen LogP contribution >= 0.6 is 27.7 Å². The summed E-state index contributed by atoms with van der Waals surface area (Å²) in [6.45, 7) is 1.87. The lowest BCUT2D eigenvalue weighted by Gasteiger charge is -2.09. The third-order valence-corrected chi connectivity index (χ3v) is 3.86. The first kappa shape index (κ1) is 13.2. The number of aromatic nitrogens is 2. The number of nitrogens with zero attached hydrogens (tertiary/aromatic N) is 1. The van der Waals surface area contributed by atoms with Gasteiger partial charge in [0.1, 0.15) is 9.50 Å². The van der Waals surface area contributed by atoms with Crippen LogP contribution in [0.3, 0.4) is 0 Å². The van der Waals surface area contributed by atoms with E-state index in [0.717, 1.165) is 0 Å². The van der Waals surface area contributed by atoms with E-state index >= 15 is 0 Å². The molecule has 1 rings (SSSR count). The Morgan fingerprint density at radius 1 is 1.75 bits per heavy atom. The van der Waals surface area contributed by atoms with Gasteiger partial charge in [-0.3, -0.25) is 9.59 Å². The van der Waals surface area contributed by atoms with Gasteiger partial charge in [0.05, 0.1) is 19.9 Å². The van der Waals surface area contributed by atoms with E-state index in [9.17, 15) is 9.59 Å².